The molecule has 2 N–H and O–H groups in total. The third kappa shape index (κ3) is 3.18. The third-order valence-electron chi connectivity index (χ3n) is 3.68. The molecule has 0 aliphatic heterocycles. The smallest absolute Gasteiger partial charge is 0.130 e. The Morgan fingerprint density at radius 1 is 1.23 bits per heavy atom. The van der Waals surface area contributed by atoms with Crippen LogP contribution in [-0.4, -0.2) is 10.9 Å². The van der Waals surface area contributed by atoms with Crippen molar-refractivity contribution in [2.45, 2.75) is 25.4 Å². The van der Waals surface area contributed by atoms with E-state index in [1.807, 2.05) is 6.20 Å². The maximum Gasteiger partial charge on any atom is 0.130 e. The van der Waals surface area contributed by atoms with Crippen molar-refractivity contribution in [1.29, 1.82) is 10.8 Å². The second-order valence-electron chi connectivity index (χ2n) is 5.31. The third-order valence-corrected chi connectivity index (χ3v) is 4.42. The average Bonchev–Trinajstić information content (AvgIpc) is 3.33. The zero-order valence-electron chi connectivity index (χ0n) is 11.8. The fourth-order valence-corrected chi connectivity index (χ4v) is 2.63. The summed E-state index contributed by atoms with van der Waals surface area (Å²) in [5.74, 6) is 1.16. The number of benzene rings is 1. The highest BCUT2D eigenvalue weighted by Crippen LogP contribution is 2.41. The molecular weight excluding hydrogens is 321 g/mol. The minimum absolute atomic E-state index is 0.270. The number of nitrogens with one attached hydrogen (secondary N) is 2. The highest BCUT2D eigenvalue weighted by atomic mass is 35.5. The summed E-state index contributed by atoms with van der Waals surface area (Å²) >= 11 is 11.9. The Hall–Kier alpha value is -1.78. The van der Waals surface area contributed by atoms with Crippen LogP contribution in [0.2, 0.25) is 10.0 Å². The maximum atomic E-state index is 7.93. The maximum absolute atomic E-state index is 7.93. The molecule has 114 valence electrons. The molecule has 2 aromatic rings. The molecule has 0 unspecified atom stereocenters. The SMILES string of the molecule is N=Cn1cc(C2CC2)c(COc2ccc(Cl)c(Cl)c2)cc1=N. The van der Waals surface area contributed by atoms with Crippen LogP contribution in [-0.2, 0) is 6.61 Å². The number of pyridine rings is 1. The Kier molecular flexibility index (Phi) is 4.23. The van der Waals surface area contributed by atoms with Crippen molar-refractivity contribution in [3.63, 3.8) is 0 Å². The molecule has 1 aromatic heterocycles. The Balaban J connectivity index is 1.85. The van der Waals surface area contributed by atoms with E-state index in [4.69, 9.17) is 38.8 Å². The zero-order valence-corrected chi connectivity index (χ0v) is 13.3. The van der Waals surface area contributed by atoms with E-state index < -0.39 is 0 Å². The molecular formula is C16H15Cl2N3O. The Bertz CT molecular complexity index is 781. The number of halogens is 2. The van der Waals surface area contributed by atoms with Crippen LogP contribution in [0.3, 0.4) is 0 Å². The zero-order chi connectivity index (χ0) is 15.7. The van der Waals surface area contributed by atoms with Crippen LogP contribution in [0.15, 0.2) is 30.5 Å². The van der Waals surface area contributed by atoms with E-state index in [0.29, 0.717) is 28.3 Å². The molecule has 22 heavy (non-hydrogen) atoms. The van der Waals surface area contributed by atoms with Gasteiger partial charge in [0.1, 0.15) is 17.8 Å². The van der Waals surface area contributed by atoms with Crippen LogP contribution in [0, 0.1) is 10.8 Å². The van der Waals surface area contributed by atoms with Crippen molar-refractivity contribution >= 4 is 29.5 Å². The van der Waals surface area contributed by atoms with Crippen molar-refractivity contribution in [3.05, 3.63) is 57.1 Å². The molecule has 1 aliphatic rings. The molecule has 1 aliphatic carbocycles. The normalized spacial score (nSPS) is 13.9. The molecule has 0 amide bonds. The van der Waals surface area contributed by atoms with Crippen molar-refractivity contribution in [1.82, 2.24) is 4.57 Å². The molecule has 0 atom stereocenters. The van der Waals surface area contributed by atoms with Crippen LogP contribution in [0.1, 0.15) is 29.9 Å². The van der Waals surface area contributed by atoms with Gasteiger partial charge < -0.3 is 4.74 Å². The highest BCUT2D eigenvalue weighted by molar-refractivity contribution is 6.42. The number of hydrogen-bond acceptors (Lipinski definition) is 3. The lowest BCUT2D eigenvalue weighted by atomic mass is 10.1. The Morgan fingerprint density at radius 3 is 2.64 bits per heavy atom. The highest BCUT2D eigenvalue weighted by Gasteiger charge is 2.26. The van der Waals surface area contributed by atoms with Gasteiger partial charge in [0.2, 0.25) is 0 Å². The summed E-state index contributed by atoms with van der Waals surface area (Å²) in [6.45, 7) is 0.370. The van der Waals surface area contributed by atoms with Gasteiger partial charge in [0.25, 0.3) is 0 Å². The Morgan fingerprint density at radius 2 is 2.00 bits per heavy atom. The van der Waals surface area contributed by atoms with E-state index in [-0.39, 0.29) is 5.49 Å². The van der Waals surface area contributed by atoms with Gasteiger partial charge in [-0.3, -0.25) is 15.4 Å². The Labute approximate surface area is 138 Å². The summed E-state index contributed by atoms with van der Waals surface area (Å²) in [6, 6.07) is 6.91. The van der Waals surface area contributed by atoms with Crippen LogP contribution >= 0.6 is 23.2 Å². The first kappa shape index (κ1) is 15.1. The van der Waals surface area contributed by atoms with Gasteiger partial charge in [0, 0.05) is 12.3 Å². The number of nitrogens with zero attached hydrogens (tertiary/aromatic N) is 1. The summed E-state index contributed by atoms with van der Waals surface area (Å²) in [7, 11) is 0. The monoisotopic (exact) mass is 335 g/mol. The van der Waals surface area contributed by atoms with Crippen LogP contribution < -0.4 is 10.2 Å². The molecule has 0 radical (unpaired) electrons. The van der Waals surface area contributed by atoms with Crippen molar-refractivity contribution in [3.8, 4) is 5.75 Å². The topological polar surface area (TPSA) is 61.9 Å². The fourth-order valence-electron chi connectivity index (χ4n) is 2.35. The number of hydrogen-bond donors (Lipinski definition) is 2. The van der Waals surface area contributed by atoms with Gasteiger partial charge in [0.05, 0.1) is 16.4 Å². The van der Waals surface area contributed by atoms with Gasteiger partial charge in [-0.15, -0.1) is 0 Å². The molecule has 3 rings (SSSR count). The van der Waals surface area contributed by atoms with E-state index in [0.717, 1.165) is 30.3 Å². The van der Waals surface area contributed by atoms with Crippen LogP contribution in [0.4, 0.5) is 0 Å². The second-order valence-corrected chi connectivity index (χ2v) is 6.13. The molecule has 4 nitrogen and oxygen atoms in total. The lowest BCUT2D eigenvalue weighted by Crippen LogP contribution is -2.21. The van der Waals surface area contributed by atoms with E-state index in [1.54, 1.807) is 24.3 Å². The fraction of sp³-hybridized carbons (Fsp3) is 0.250. The number of aromatic nitrogens is 1. The largest absolute Gasteiger partial charge is 0.489 e. The average molecular weight is 336 g/mol. The van der Waals surface area contributed by atoms with E-state index in [1.165, 1.54) is 4.57 Å². The lowest BCUT2D eigenvalue weighted by Gasteiger charge is -2.13. The van der Waals surface area contributed by atoms with Gasteiger partial charge in [-0.25, -0.2) is 0 Å². The van der Waals surface area contributed by atoms with E-state index in [9.17, 15) is 0 Å². The van der Waals surface area contributed by atoms with E-state index >= 15 is 0 Å². The predicted octanol–water partition coefficient (Wildman–Crippen LogP) is 4.19. The van der Waals surface area contributed by atoms with Crippen LogP contribution in [0.25, 0.3) is 0 Å². The first-order chi connectivity index (χ1) is 10.6. The van der Waals surface area contributed by atoms with Crippen LogP contribution in [0.5, 0.6) is 5.75 Å². The minimum Gasteiger partial charge on any atom is -0.489 e. The summed E-state index contributed by atoms with van der Waals surface area (Å²) in [4.78, 5) is 0. The van der Waals surface area contributed by atoms with Gasteiger partial charge in [-0.2, -0.15) is 0 Å². The first-order valence-electron chi connectivity index (χ1n) is 6.96. The number of rotatable bonds is 5. The molecule has 6 heteroatoms. The van der Waals surface area contributed by atoms with Gasteiger partial charge in [0.15, 0.2) is 0 Å². The molecule has 0 saturated heterocycles. The molecule has 0 spiro atoms. The van der Waals surface area contributed by atoms with Gasteiger partial charge in [-0.1, -0.05) is 23.2 Å². The lowest BCUT2D eigenvalue weighted by molar-refractivity contribution is 0.304. The summed E-state index contributed by atoms with van der Waals surface area (Å²) < 4.78 is 7.29. The van der Waals surface area contributed by atoms with E-state index in [2.05, 4.69) is 0 Å². The number of ether oxygens (including phenoxy) is 1. The second kappa shape index (κ2) is 6.15. The molecule has 1 saturated carbocycles. The van der Waals surface area contributed by atoms with Gasteiger partial charge in [-0.05, 0) is 48.1 Å². The van der Waals surface area contributed by atoms with Crippen molar-refractivity contribution in [2.75, 3.05) is 0 Å². The summed E-state index contributed by atoms with van der Waals surface area (Å²) in [6.07, 6.45) is 5.31. The minimum atomic E-state index is 0.270. The predicted molar refractivity (Wildman–Crippen MR) is 87.2 cm³/mol. The summed E-state index contributed by atoms with van der Waals surface area (Å²) in [5.41, 5.74) is 2.41. The molecule has 1 fully saturated rings. The van der Waals surface area contributed by atoms with Gasteiger partial charge >= 0.3 is 0 Å². The quantitative estimate of drug-likeness (QED) is 0.624. The van der Waals surface area contributed by atoms with Crippen molar-refractivity contribution < 1.29 is 4.74 Å². The molecule has 1 heterocycles. The summed E-state index contributed by atoms with van der Waals surface area (Å²) in [5, 5.41) is 16.2. The first-order valence-corrected chi connectivity index (χ1v) is 7.72. The molecule has 0 bridgehead atoms. The van der Waals surface area contributed by atoms with Crippen molar-refractivity contribution in [2.24, 2.45) is 0 Å². The standard InChI is InChI=1S/C16H15Cl2N3O/c17-14-4-3-12(6-15(14)18)22-8-11-5-16(20)21(9-19)7-13(11)10-1-2-10/h3-7,9-10,19-20H,1-2,8H2. The molecule has 1 aromatic carbocycles.